The van der Waals surface area contributed by atoms with Crippen molar-refractivity contribution in [2.45, 2.75) is 50.0 Å². The molecule has 0 spiro atoms. The Balaban J connectivity index is 1.41. The van der Waals surface area contributed by atoms with Crippen LogP contribution in [0.1, 0.15) is 31.7 Å². The molecular formula is C31H30F3N5O4. The monoisotopic (exact) mass is 593 g/mol. The van der Waals surface area contributed by atoms with Gasteiger partial charge < -0.3 is 25.0 Å². The van der Waals surface area contributed by atoms with Gasteiger partial charge in [-0.3, -0.25) is 4.90 Å². The fourth-order valence-corrected chi connectivity index (χ4v) is 6.70. The van der Waals surface area contributed by atoms with Crippen molar-refractivity contribution >= 4 is 33.6 Å². The molecule has 4 atom stereocenters. The van der Waals surface area contributed by atoms with Crippen LogP contribution < -0.4 is 14.8 Å². The molecule has 3 N–H and O–H groups in total. The Kier molecular flexibility index (Phi) is 6.58. The largest absolute Gasteiger partial charge is 0.508 e. The number of aromatic hydroxyl groups is 1. The minimum absolute atomic E-state index is 0.00623. The zero-order valence-corrected chi connectivity index (χ0v) is 23.4. The number of phenolic OH excluding ortho intramolecular Hbond substituents is 1. The summed E-state index contributed by atoms with van der Waals surface area (Å²) >= 11 is 0. The zero-order chi connectivity index (χ0) is 30.0. The summed E-state index contributed by atoms with van der Waals surface area (Å²) in [5.41, 5.74) is -0.673. The van der Waals surface area contributed by atoms with E-state index in [1.807, 2.05) is 0 Å². The van der Waals surface area contributed by atoms with E-state index in [2.05, 4.69) is 31.7 Å². The van der Waals surface area contributed by atoms with Crippen LogP contribution in [0.25, 0.3) is 39.0 Å². The molecule has 0 saturated carbocycles. The fourth-order valence-electron chi connectivity index (χ4n) is 6.70. The number of hydrogen-bond acceptors (Lipinski definition) is 9. The number of nitrogens with zero attached hydrogens (tertiary/aromatic N) is 4. The number of pyridine rings is 1. The van der Waals surface area contributed by atoms with Gasteiger partial charge in [0.25, 0.3) is 0 Å². The molecule has 0 aliphatic carbocycles. The summed E-state index contributed by atoms with van der Waals surface area (Å²) in [5.74, 6) is -1.47. The molecule has 224 valence electrons. The van der Waals surface area contributed by atoms with Crippen molar-refractivity contribution in [3.05, 3.63) is 48.0 Å². The predicted octanol–water partition coefficient (Wildman–Crippen LogP) is 4.98. The summed E-state index contributed by atoms with van der Waals surface area (Å²) in [4.78, 5) is 15.5. The summed E-state index contributed by atoms with van der Waals surface area (Å²) in [6.07, 6.45) is 1.53. The normalized spacial score (nSPS) is 23.9. The Morgan fingerprint density at radius 1 is 1.26 bits per heavy atom. The number of rotatable bonds is 6. The Bertz CT molecular complexity index is 1790. The molecule has 3 aliphatic heterocycles. The van der Waals surface area contributed by atoms with Crippen molar-refractivity contribution in [1.82, 2.24) is 19.9 Å². The lowest BCUT2D eigenvalue weighted by Crippen LogP contribution is -2.43. The summed E-state index contributed by atoms with van der Waals surface area (Å²) in [5, 5.41) is 24.9. The van der Waals surface area contributed by atoms with Gasteiger partial charge in [0.05, 0.1) is 17.7 Å². The van der Waals surface area contributed by atoms with Crippen molar-refractivity contribution in [2.24, 2.45) is 0 Å². The molecule has 2 aromatic heterocycles. The lowest BCUT2D eigenvalue weighted by Gasteiger charge is -2.30. The average Bonchev–Trinajstić information content (AvgIpc) is 3.43. The minimum atomic E-state index is -0.951. The number of hydrogen-bond donors (Lipinski definition) is 3. The van der Waals surface area contributed by atoms with Crippen LogP contribution >= 0.6 is 0 Å². The van der Waals surface area contributed by atoms with Gasteiger partial charge in [-0.15, -0.1) is 0 Å². The molecule has 2 fully saturated rings. The van der Waals surface area contributed by atoms with E-state index in [0.717, 1.165) is 19.4 Å². The SMILES string of the molecule is C=Cc1c(F)ccc2cc(O)cc(-c3nc4c5c(nc(OC[C@@]67CCCN6C[C@H](F)C7)nc5c3F)N[C@@H]([C@@H](C)O)CO4)c12. The van der Waals surface area contributed by atoms with Crippen molar-refractivity contribution in [2.75, 3.05) is 31.6 Å². The highest BCUT2D eigenvalue weighted by molar-refractivity contribution is 6.05. The third-order valence-electron chi connectivity index (χ3n) is 8.82. The number of aromatic nitrogens is 3. The van der Waals surface area contributed by atoms with E-state index in [-0.39, 0.29) is 64.4 Å². The van der Waals surface area contributed by atoms with Gasteiger partial charge in [-0.2, -0.15) is 9.97 Å². The molecule has 0 radical (unpaired) electrons. The van der Waals surface area contributed by atoms with Crippen LogP contribution in [0.2, 0.25) is 0 Å². The number of aliphatic hydroxyl groups excluding tert-OH is 1. The van der Waals surface area contributed by atoms with Gasteiger partial charge in [-0.05, 0) is 49.9 Å². The maximum Gasteiger partial charge on any atom is 0.319 e. The third kappa shape index (κ3) is 4.51. The Morgan fingerprint density at radius 3 is 2.88 bits per heavy atom. The predicted molar refractivity (Wildman–Crippen MR) is 155 cm³/mol. The Labute approximate surface area is 245 Å². The number of phenols is 1. The van der Waals surface area contributed by atoms with E-state index in [1.165, 1.54) is 30.3 Å². The summed E-state index contributed by atoms with van der Waals surface area (Å²) < 4.78 is 57.9. The molecule has 43 heavy (non-hydrogen) atoms. The second kappa shape index (κ2) is 10.2. The molecule has 0 amide bonds. The molecule has 2 aromatic carbocycles. The van der Waals surface area contributed by atoms with Crippen LogP contribution in [-0.2, 0) is 0 Å². The van der Waals surface area contributed by atoms with Crippen LogP contribution in [0, 0.1) is 11.6 Å². The standard InChI is InChI=1S/C31H30F3N5O4/c1-3-19-21(33)6-5-16-9-18(41)10-20(23(16)19)26-25(34)27-24-28(35-22(15(2)40)13-42-29(24)36-26)38-30(37-27)43-14-31-7-4-8-39(31)12-17(32)11-31/h3,5-6,9-10,15,17,22,40-41H,1,4,7-8,11-14H2,2H3,(H,35,37,38)/t15-,17-,22-,31+/m1/s1. The third-order valence-corrected chi connectivity index (χ3v) is 8.82. The van der Waals surface area contributed by atoms with E-state index in [9.17, 15) is 19.0 Å². The molecule has 9 nitrogen and oxygen atoms in total. The van der Waals surface area contributed by atoms with Gasteiger partial charge >= 0.3 is 6.01 Å². The van der Waals surface area contributed by atoms with E-state index < -0.39 is 35.5 Å². The molecule has 0 unspecified atom stereocenters. The molecule has 4 aromatic rings. The van der Waals surface area contributed by atoms with Gasteiger partial charge in [0.2, 0.25) is 5.88 Å². The smallest absolute Gasteiger partial charge is 0.319 e. The number of fused-ring (bicyclic) bond motifs is 2. The Morgan fingerprint density at radius 2 is 2.09 bits per heavy atom. The lowest BCUT2D eigenvalue weighted by molar-refractivity contribution is 0.107. The first-order valence-electron chi connectivity index (χ1n) is 14.3. The number of alkyl halides is 1. The average molecular weight is 594 g/mol. The van der Waals surface area contributed by atoms with Gasteiger partial charge in [-0.1, -0.05) is 18.7 Å². The number of halogens is 3. The van der Waals surface area contributed by atoms with Crippen molar-refractivity contribution < 1.29 is 32.9 Å². The van der Waals surface area contributed by atoms with Crippen LogP contribution in [0.5, 0.6) is 17.6 Å². The quantitative estimate of drug-likeness (QED) is 0.285. The second-order valence-corrected chi connectivity index (χ2v) is 11.6. The van der Waals surface area contributed by atoms with Gasteiger partial charge in [0.15, 0.2) is 5.82 Å². The van der Waals surface area contributed by atoms with Crippen LogP contribution in [0.3, 0.4) is 0 Å². The highest BCUT2D eigenvalue weighted by Crippen LogP contribution is 2.43. The first-order valence-corrected chi connectivity index (χ1v) is 14.3. The summed E-state index contributed by atoms with van der Waals surface area (Å²) in [7, 11) is 0. The first kappa shape index (κ1) is 27.7. The van der Waals surface area contributed by atoms with Crippen LogP contribution in [0.15, 0.2) is 30.8 Å². The number of aliphatic hydroxyl groups is 1. The minimum Gasteiger partial charge on any atom is -0.508 e. The van der Waals surface area contributed by atoms with Crippen molar-refractivity contribution in [3.8, 4) is 28.9 Å². The molecular weight excluding hydrogens is 563 g/mol. The molecule has 0 bridgehead atoms. The lowest BCUT2D eigenvalue weighted by atomic mass is 9.95. The second-order valence-electron chi connectivity index (χ2n) is 11.6. The van der Waals surface area contributed by atoms with Crippen molar-refractivity contribution in [3.63, 3.8) is 0 Å². The molecule has 12 heteroatoms. The number of benzene rings is 2. The highest BCUT2D eigenvalue weighted by atomic mass is 19.1. The van der Waals surface area contributed by atoms with E-state index in [1.54, 1.807) is 6.92 Å². The maximum absolute atomic E-state index is 16.6. The van der Waals surface area contributed by atoms with Crippen LogP contribution in [0.4, 0.5) is 19.0 Å². The molecule has 3 aliphatic rings. The highest BCUT2D eigenvalue weighted by Gasteiger charge is 2.49. The fraction of sp³-hybridized carbons (Fsp3) is 0.387. The van der Waals surface area contributed by atoms with E-state index in [4.69, 9.17) is 9.47 Å². The van der Waals surface area contributed by atoms with Crippen LogP contribution in [-0.4, -0.2) is 80.2 Å². The summed E-state index contributed by atoms with van der Waals surface area (Å²) in [6.45, 7) is 6.52. The van der Waals surface area contributed by atoms with Gasteiger partial charge in [0, 0.05) is 29.5 Å². The summed E-state index contributed by atoms with van der Waals surface area (Å²) in [6, 6.07) is 4.70. The van der Waals surface area contributed by atoms with E-state index >= 15 is 4.39 Å². The molecule has 7 rings (SSSR count). The molecule has 5 heterocycles. The van der Waals surface area contributed by atoms with Gasteiger partial charge in [-0.25, -0.2) is 18.2 Å². The number of anilines is 1. The van der Waals surface area contributed by atoms with E-state index in [0.29, 0.717) is 23.7 Å². The topological polar surface area (TPSA) is 113 Å². The first-order chi connectivity index (χ1) is 20.7. The van der Waals surface area contributed by atoms with Gasteiger partial charge in [0.1, 0.15) is 53.4 Å². The molecule has 2 saturated heterocycles. The maximum atomic E-state index is 16.6. The van der Waals surface area contributed by atoms with Crippen molar-refractivity contribution in [1.29, 1.82) is 0 Å². The number of nitrogens with one attached hydrogen (secondary N) is 1. The Hall–Kier alpha value is -4.16. The zero-order valence-electron chi connectivity index (χ0n) is 23.4. The number of ether oxygens (including phenoxy) is 2.